The van der Waals surface area contributed by atoms with Gasteiger partial charge in [0.1, 0.15) is 11.6 Å². The van der Waals surface area contributed by atoms with Crippen molar-refractivity contribution in [3.05, 3.63) is 101 Å². The number of carbonyl (C=O) groups is 1. The van der Waals surface area contributed by atoms with Gasteiger partial charge in [-0.25, -0.2) is 9.07 Å². The van der Waals surface area contributed by atoms with Crippen LogP contribution in [0.1, 0.15) is 15.9 Å². The smallest absolute Gasteiger partial charge is 0.251 e. The maximum Gasteiger partial charge on any atom is 0.251 e. The molecule has 0 bridgehead atoms. The zero-order chi connectivity index (χ0) is 21.8. The van der Waals surface area contributed by atoms with Crippen LogP contribution in [0.5, 0.6) is 0 Å². The summed E-state index contributed by atoms with van der Waals surface area (Å²) in [5.74, 6) is -0.00546. The fraction of sp³-hybridized carbons (Fsp3) is 0.0833. The molecule has 4 aromatic rings. The average Bonchev–Trinajstić information content (AvgIpc) is 3.15. The molecule has 3 N–H and O–H groups in total. The molecule has 1 amide bonds. The number of hydrogen-bond donors (Lipinski definition) is 2. The SMILES string of the molecule is Nc1cc(-c2cccc(Cl)c2)nn1-c1ccc(C(=O)NCCc2cccc(F)c2)cc1. The molecule has 0 saturated heterocycles. The van der Waals surface area contributed by atoms with E-state index in [1.165, 1.54) is 12.1 Å². The van der Waals surface area contributed by atoms with Gasteiger partial charge in [0.15, 0.2) is 0 Å². The summed E-state index contributed by atoms with van der Waals surface area (Å²) in [7, 11) is 0. The summed E-state index contributed by atoms with van der Waals surface area (Å²) in [5.41, 5.74) is 9.80. The Bertz CT molecular complexity index is 1220. The van der Waals surface area contributed by atoms with Gasteiger partial charge in [0.25, 0.3) is 5.91 Å². The van der Waals surface area contributed by atoms with E-state index in [1.807, 2.05) is 24.3 Å². The highest BCUT2D eigenvalue weighted by molar-refractivity contribution is 6.30. The molecule has 0 fully saturated rings. The van der Waals surface area contributed by atoms with E-state index in [1.54, 1.807) is 47.1 Å². The molecule has 0 radical (unpaired) electrons. The van der Waals surface area contributed by atoms with Gasteiger partial charge in [-0.2, -0.15) is 5.10 Å². The first-order valence-electron chi connectivity index (χ1n) is 9.74. The molecule has 0 saturated carbocycles. The van der Waals surface area contributed by atoms with Crippen LogP contribution in [0.4, 0.5) is 10.2 Å². The molecule has 0 atom stereocenters. The number of benzene rings is 3. The number of halogens is 2. The molecule has 4 rings (SSSR count). The Labute approximate surface area is 184 Å². The number of anilines is 1. The van der Waals surface area contributed by atoms with E-state index in [-0.39, 0.29) is 11.7 Å². The second kappa shape index (κ2) is 9.02. The summed E-state index contributed by atoms with van der Waals surface area (Å²) in [6.45, 7) is 0.416. The van der Waals surface area contributed by atoms with E-state index in [9.17, 15) is 9.18 Å². The zero-order valence-corrected chi connectivity index (χ0v) is 17.3. The molecule has 0 spiro atoms. The Morgan fingerprint density at radius 2 is 1.81 bits per heavy atom. The van der Waals surface area contributed by atoms with Crippen molar-refractivity contribution in [3.8, 4) is 16.9 Å². The first-order chi connectivity index (χ1) is 15.0. The first-order valence-corrected chi connectivity index (χ1v) is 10.1. The number of rotatable bonds is 6. The Kier molecular flexibility index (Phi) is 6.00. The van der Waals surface area contributed by atoms with Crippen LogP contribution in [0.2, 0.25) is 5.02 Å². The van der Waals surface area contributed by atoms with Crippen LogP contribution in [0.3, 0.4) is 0 Å². The quantitative estimate of drug-likeness (QED) is 0.454. The number of nitrogens with two attached hydrogens (primary N) is 1. The molecule has 0 aliphatic rings. The standard InChI is InChI=1S/C24H20ClFN4O/c25-19-5-2-4-18(14-19)22-15-23(27)30(29-22)21-9-7-17(8-10-21)24(31)28-12-11-16-3-1-6-20(26)13-16/h1-10,13-15H,11-12,27H2,(H,28,31). The number of aromatic nitrogens is 2. The van der Waals surface area contributed by atoms with E-state index in [4.69, 9.17) is 17.3 Å². The molecule has 156 valence electrons. The third kappa shape index (κ3) is 4.92. The van der Waals surface area contributed by atoms with Crippen LogP contribution in [-0.4, -0.2) is 22.2 Å². The van der Waals surface area contributed by atoms with Gasteiger partial charge in [0.05, 0.1) is 11.4 Å². The van der Waals surface area contributed by atoms with Crippen molar-refractivity contribution in [2.24, 2.45) is 0 Å². The summed E-state index contributed by atoms with van der Waals surface area (Å²) in [4.78, 5) is 12.4. The fourth-order valence-electron chi connectivity index (χ4n) is 3.26. The summed E-state index contributed by atoms with van der Waals surface area (Å²) in [6, 6.07) is 22.5. The number of carbonyl (C=O) groups excluding carboxylic acids is 1. The van der Waals surface area contributed by atoms with E-state index in [0.29, 0.717) is 35.1 Å². The molecular formula is C24H20ClFN4O. The normalized spacial score (nSPS) is 10.8. The summed E-state index contributed by atoms with van der Waals surface area (Å²) >= 11 is 6.06. The lowest BCUT2D eigenvalue weighted by Gasteiger charge is -2.08. The second-order valence-corrected chi connectivity index (χ2v) is 7.50. The molecule has 1 aromatic heterocycles. The lowest BCUT2D eigenvalue weighted by Crippen LogP contribution is -2.25. The predicted octanol–water partition coefficient (Wildman–Crippen LogP) is 4.89. The van der Waals surface area contributed by atoms with Crippen molar-refractivity contribution in [3.63, 3.8) is 0 Å². The largest absolute Gasteiger partial charge is 0.384 e. The molecule has 3 aromatic carbocycles. The average molecular weight is 435 g/mol. The van der Waals surface area contributed by atoms with E-state index in [0.717, 1.165) is 16.8 Å². The van der Waals surface area contributed by atoms with Gasteiger partial charge in [-0.1, -0.05) is 35.9 Å². The maximum atomic E-state index is 13.2. The highest BCUT2D eigenvalue weighted by Crippen LogP contribution is 2.25. The number of amides is 1. The minimum Gasteiger partial charge on any atom is -0.384 e. The Hall–Kier alpha value is -3.64. The molecule has 0 unspecified atom stereocenters. The lowest BCUT2D eigenvalue weighted by molar-refractivity contribution is 0.0954. The predicted molar refractivity (Wildman–Crippen MR) is 121 cm³/mol. The fourth-order valence-corrected chi connectivity index (χ4v) is 3.45. The number of hydrogen-bond acceptors (Lipinski definition) is 3. The van der Waals surface area contributed by atoms with Gasteiger partial charge in [0.2, 0.25) is 0 Å². The van der Waals surface area contributed by atoms with Crippen LogP contribution in [-0.2, 0) is 6.42 Å². The van der Waals surface area contributed by atoms with Crippen LogP contribution >= 0.6 is 11.6 Å². The van der Waals surface area contributed by atoms with Crippen molar-refractivity contribution < 1.29 is 9.18 Å². The van der Waals surface area contributed by atoms with Crippen molar-refractivity contribution in [2.75, 3.05) is 12.3 Å². The van der Waals surface area contributed by atoms with Gasteiger partial charge < -0.3 is 11.1 Å². The molecule has 0 aliphatic carbocycles. The third-order valence-electron chi connectivity index (χ3n) is 4.82. The third-order valence-corrected chi connectivity index (χ3v) is 5.05. The summed E-state index contributed by atoms with van der Waals surface area (Å²) in [5, 5.41) is 8.03. The summed E-state index contributed by atoms with van der Waals surface area (Å²) < 4.78 is 14.8. The summed E-state index contributed by atoms with van der Waals surface area (Å²) in [6.07, 6.45) is 0.553. The Balaban J connectivity index is 1.42. The van der Waals surface area contributed by atoms with Crippen LogP contribution in [0.15, 0.2) is 78.9 Å². The first kappa shape index (κ1) is 20.6. The number of nitrogen functional groups attached to an aromatic ring is 1. The van der Waals surface area contributed by atoms with Crippen molar-refractivity contribution in [1.29, 1.82) is 0 Å². The van der Waals surface area contributed by atoms with Gasteiger partial charge in [-0.3, -0.25) is 4.79 Å². The van der Waals surface area contributed by atoms with Gasteiger partial charge in [-0.05, 0) is 60.5 Å². The van der Waals surface area contributed by atoms with Crippen LogP contribution in [0, 0.1) is 5.82 Å². The van der Waals surface area contributed by atoms with Gasteiger partial charge >= 0.3 is 0 Å². The topological polar surface area (TPSA) is 72.9 Å². The lowest BCUT2D eigenvalue weighted by atomic mass is 10.1. The zero-order valence-electron chi connectivity index (χ0n) is 16.6. The van der Waals surface area contributed by atoms with Crippen molar-refractivity contribution in [1.82, 2.24) is 15.1 Å². The molecule has 5 nitrogen and oxygen atoms in total. The molecule has 7 heteroatoms. The van der Waals surface area contributed by atoms with Crippen LogP contribution < -0.4 is 11.1 Å². The minimum atomic E-state index is -0.282. The second-order valence-electron chi connectivity index (χ2n) is 7.06. The Morgan fingerprint density at radius 1 is 1.03 bits per heavy atom. The van der Waals surface area contributed by atoms with Gasteiger partial charge in [-0.15, -0.1) is 0 Å². The molecule has 1 heterocycles. The van der Waals surface area contributed by atoms with Gasteiger partial charge in [0, 0.05) is 28.8 Å². The molecule has 0 aliphatic heterocycles. The van der Waals surface area contributed by atoms with E-state index < -0.39 is 0 Å². The maximum absolute atomic E-state index is 13.2. The van der Waals surface area contributed by atoms with E-state index >= 15 is 0 Å². The molecule has 31 heavy (non-hydrogen) atoms. The number of nitrogens with one attached hydrogen (secondary N) is 1. The van der Waals surface area contributed by atoms with E-state index in [2.05, 4.69) is 10.4 Å². The highest BCUT2D eigenvalue weighted by atomic mass is 35.5. The number of nitrogens with zero attached hydrogens (tertiary/aromatic N) is 2. The van der Waals surface area contributed by atoms with Crippen molar-refractivity contribution in [2.45, 2.75) is 6.42 Å². The highest BCUT2D eigenvalue weighted by Gasteiger charge is 2.11. The Morgan fingerprint density at radius 3 is 2.55 bits per heavy atom. The van der Waals surface area contributed by atoms with Crippen LogP contribution in [0.25, 0.3) is 16.9 Å². The molecular weight excluding hydrogens is 415 g/mol. The monoisotopic (exact) mass is 434 g/mol. The minimum absolute atomic E-state index is 0.198. The van der Waals surface area contributed by atoms with Crippen molar-refractivity contribution >= 4 is 23.3 Å².